The number of halogens is 1. The van der Waals surface area contributed by atoms with Gasteiger partial charge in [0.05, 0.1) is 17.9 Å². The van der Waals surface area contributed by atoms with Crippen LogP contribution in [-0.4, -0.2) is 24.8 Å². The van der Waals surface area contributed by atoms with Gasteiger partial charge in [-0.25, -0.2) is 9.36 Å². The molecular formula is C10H8BrN5. The molecule has 0 saturated carbocycles. The second kappa shape index (κ2) is 3.71. The SMILES string of the molecule is Brc1ccc2cnn(Cn3ccnn3)c2c1. The second-order valence-electron chi connectivity index (χ2n) is 3.43. The Bertz CT molecular complexity index is 613. The predicted molar refractivity (Wildman–Crippen MR) is 62.9 cm³/mol. The van der Waals surface area contributed by atoms with Crippen molar-refractivity contribution in [1.29, 1.82) is 0 Å². The molecule has 1 aromatic carbocycles. The molecule has 0 atom stereocenters. The summed E-state index contributed by atoms with van der Waals surface area (Å²) < 4.78 is 4.66. The Kier molecular flexibility index (Phi) is 2.21. The van der Waals surface area contributed by atoms with Crippen molar-refractivity contribution in [3.63, 3.8) is 0 Å². The largest absolute Gasteiger partial charge is 0.243 e. The van der Waals surface area contributed by atoms with E-state index in [1.807, 2.05) is 35.3 Å². The van der Waals surface area contributed by atoms with E-state index in [2.05, 4.69) is 31.3 Å². The average molecular weight is 278 g/mol. The molecule has 0 fully saturated rings. The molecule has 2 aromatic heterocycles. The van der Waals surface area contributed by atoms with Gasteiger partial charge in [0, 0.05) is 16.1 Å². The van der Waals surface area contributed by atoms with Crippen molar-refractivity contribution in [3.8, 4) is 0 Å². The number of nitrogens with zero attached hydrogens (tertiary/aromatic N) is 5. The minimum absolute atomic E-state index is 0.569. The lowest BCUT2D eigenvalue weighted by Crippen LogP contribution is -2.09. The van der Waals surface area contributed by atoms with Crippen LogP contribution in [0.3, 0.4) is 0 Å². The number of aromatic nitrogens is 5. The third-order valence-electron chi connectivity index (χ3n) is 2.36. The van der Waals surface area contributed by atoms with Gasteiger partial charge in [-0.3, -0.25) is 0 Å². The monoisotopic (exact) mass is 277 g/mol. The van der Waals surface area contributed by atoms with Crippen molar-refractivity contribution >= 4 is 26.8 Å². The summed E-state index contributed by atoms with van der Waals surface area (Å²) in [4.78, 5) is 0. The van der Waals surface area contributed by atoms with Gasteiger partial charge in [0.2, 0.25) is 0 Å². The van der Waals surface area contributed by atoms with Crippen LogP contribution in [0.25, 0.3) is 10.9 Å². The van der Waals surface area contributed by atoms with Crippen LogP contribution in [0.5, 0.6) is 0 Å². The summed E-state index contributed by atoms with van der Waals surface area (Å²) in [6, 6.07) is 6.08. The second-order valence-corrected chi connectivity index (χ2v) is 4.35. The van der Waals surface area contributed by atoms with Gasteiger partial charge in [0.15, 0.2) is 0 Å². The first-order chi connectivity index (χ1) is 7.83. The molecule has 0 aliphatic carbocycles. The Morgan fingerprint density at radius 2 is 2.25 bits per heavy atom. The maximum atomic E-state index is 4.32. The highest BCUT2D eigenvalue weighted by Crippen LogP contribution is 2.19. The highest BCUT2D eigenvalue weighted by molar-refractivity contribution is 9.10. The molecule has 0 N–H and O–H groups in total. The lowest BCUT2D eigenvalue weighted by atomic mass is 10.3. The Balaban J connectivity index is 2.07. The zero-order valence-electron chi connectivity index (χ0n) is 8.29. The smallest absolute Gasteiger partial charge is 0.135 e. The summed E-state index contributed by atoms with van der Waals surface area (Å²) in [6.45, 7) is 0.569. The number of benzene rings is 1. The van der Waals surface area contributed by atoms with Gasteiger partial charge in [-0.2, -0.15) is 5.10 Å². The van der Waals surface area contributed by atoms with Crippen molar-refractivity contribution < 1.29 is 0 Å². The molecule has 80 valence electrons. The summed E-state index contributed by atoms with van der Waals surface area (Å²) in [6.07, 6.45) is 5.31. The van der Waals surface area contributed by atoms with Gasteiger partial charge >= 0.3 is 0 Å². The molecule has 6 heteroatoms. The van der Waals surface area contributed by atoms with Crippen LogP contribution >= 0.6 is 15.9 Å². The van der Waals surface area contributed by atoms with Crippen LogP contribution in [0, 0.1) is 0 Å². The summed E-state index contributed by atoms with van der Waals surface area (Å²) in [7, 11) is 0. The molecule has 0 saturated heterocycles. The van der Waals surface area contributed by atoms with Gasteiger partial charge in [-0.1, -0.05) is 27.2 Å². The van der Waals surface area contributed by atoms with Gasteiger partial charge in [-0.15, -0.1) is 5.10 Å². The third-order valence-corrected chi connectivity index (χ3v) is 2.85. The highest BCUT2D eigenvalue weighted by Gasteiger charge is 2.03. The maximum absolute atomic E-state index is 4.32. The summed E-state index contributed by atoms with van der Waals surface area (Å²) in [5.41, 5.74) is 1.07. The highest BCUT2D eigenvalue weighted by atomic mass is 79.9. The quantitative estimate of drug-likeness (QED) is 0.719. The fourth-order valence-corrected chi connectivity index (χ4v) is 1.95. The van der Waals surface area contributed by atoms with E-state index in [1.54, 1.807) is 10.9 Å². The van der Waals surface area contributed by atoms with E-state index in [1.165, 1.54) is 0 Å². The number of hydrogen-bond donors (Lipinski definition) is 0. The van der Waals surface area contributed by atoms with Crippen LogP contribution in [0.4, 0.5) is 0 Å². The van der Waals surface area contributed by atoms with E-state index in [4.69, 9.17) is 0 Å². The van der Waals surface area contributed by atoms with E-state index >= 15 is 0 Å². The van der Waals surface area contributed by atoms with Crippen molar-refractivity contribution in [1.82, 2.24) is 24.8 Å². The molecule has 16 heavy (non-hydrogen) atoms. The lowest BCUT2D eigenvalue weighted by molar-refractivity contribution is 0.502. The molecule has 5 nitrogen and oxygen atoms in total. The average Bonchev–Trinajstić information content (AvgIpc) is 2.90. The number of fused-ring (bicyclic) bond motifs is 1. The molecule has 3 aromatic rings. The summed E-state index contributed by atoms with van der Waals surface area (Å²) in [5, 5.41) is 13.1. The normalized spacial score (nSPS) is 11.1. The van der Waals surface area contributed by atoms with Gasteiger partial charge in [0.25, 0.3) is 0 Å². The molecule has 0 spiro atoms. The van der Waals surface area contributed by atoms with Crippen LogP contribution in [0.15, 0.2) is 41.3 Å². The lowest BCUT2D eigenvalue weighted by Gasteiger charge is -2.02. The van der Waals surface area contributed by atoms with Gasteiger partial charge < -0.3 is 0 Å². The molecule has 2 heterocycles. The van der Waals surface area contributed by atoms with E-state index in [-0.39, 0.29) is 0 Å². The minimum Gasteiger partial charge on any atom is -0.243 e. The zero-order chi connectivity index (χ0) is 11.0. The zero-order valence-corrected chi connectivity index (χ0v) is 9.87. The van der Waals surface area contributed by atoms with E-state index in [9.17, 15) is 0 Å². The molecule has 0 radical (unpaired) electrons. The van der Waals surface area contributed by atoms with Crippen LogP contribution in [0.1, 0.15) is 0 Å². The van der Waals surface area contributed by atoms with Crippen molar-refractivity contribution in [2.45, 2.75) is 6.67 Å². The summed E-state index contributed by atoms with van der Waals surface area (Å²) >= 11 is 3.45. The first-order valence-corrected chi connectivity index (χ1v) is 5.57. The Morgan fingerprint density at radius 3 is 3.06 bits per heavy atom. The van der Waals surface area contributed by atoms with Crippen molar-refractivity contribution in [3.05, 3.63) is 41.3 Å². The Hall–Kier alpha value is -1.69. The van der Waals surface area contributed by atoms with Crippen LogP contribution < -0.4 is 0 Å². The minimum atomic E-state index is 0.569. The molecule has 0 amide bonds. The van der Waals surface area contributed by atoms with Gasteiger partial charge in [0.1, 0.15) is 6.67 Å². The molecule has 0 aliphatic rings. The molecule has 0 unspecified atom stereocenters. The molecule has 0 aliphatic heterocycles. The molecule has 3 rings (SSSR count). The molecule has 0 bridgehead atoms. The summed E-state index contributed by atoms with van der Waals surface area (Å²) in [5.74, 6) is 0. The number of rotatable bonds is 2. The van der Waals surface area contributed by atoms with Crippen LogP contribution in [-0.2, 0) is 6.67 Å². The fourth-order valence-electron chi connectivity index (χ4n) is 1.60. The standard InChI is InChI=1S/C10H8BrN5/c11-9-2-1-8-6-13-16(10(8)5-9)7-15-4-3-12-14-15/h1-6H,7H2. The number of hydrogen-bond acceptors (Lipinski definition) is 3. The van der Waals surface area contributed by atoms with E-state index in [0.29, 0.717) is 6.67 Å². The van der Waals surface area contributed by atoms with Crippen molar-refractivity contribution in [2.24, 2.45) is 0 Å². The topological polar surface area (TPSA) is 48.5 Å². The van der Waals surface area contributed by atoms with E-state index in [0.717, 1.165) is 15.4 Å². The first kappa shape index (κ1) is 9.53. The van der Waals surface area contributed by atoms with Crippen LogP contribution in [0.2, 0.25) is 0 Å². The Morgan fingerprint density at radius 1 is 1.31 bits per heavy atom. The predicted octanol–water partition coefficient (Wildman–Crippen LogP) is 1.90. The van der Waals surface area contributed by atoms with Crippen molar-refractivity contribution in [2.75, 3.05) is 0 Å². The van der Waals surface area contributed by atoms with E-state index < -0.39 is 0 Å². The van der Waals surface area contributed by atoms with Gasteiger partial charge in [-0.05, 0) is 12.1 Å². The Labute approximate surface area is 99.8 Å². The fraction of sp³-hybridized carbons (Fsp3) is 0.100. The third kappa shape index (κ3) is 1.61. The molecular weight excluding hydrogens is 270 g/mol. The maximum Gasteiger partial charge on any atom is 0.135 e. The first-order valence-electron chi connectivity index (χ1n) is 4.78.